The van der Waals surface area contributed by atoms with E-state index in [9.17, 15) is 0 Å². The average molecular weight is 301 g/mol. The van der Waals surface area contributed by atoms with Gasteiger partial charge in [-0.2, -0.15) is 0 Å². The lowest BCUT2D eigenvalue weighted by Crippen LogP contribution is -2.40. The fourth-order valence-corrected chi connectivity index (χ4v) is 3.11. The number of aromatic nitrogens is 1. The Balaban J connectivity index is 1.73. The van der Waals surface area contributed by atoms with Crippen LogP contribution in [0.15, 0.2) is 47.3 Å². The van der Waals surface area contributed by atoms with E-state index in [4.69, 9.17) is 16.6 Å². The second-order valence-corrected chi connectivity index (χ2v) is 5.72. The zero-order valence-electron chi connectivity index (χ0n) is 11.9. The molecule has 2 aromatic rings. The van der Waals surface area contributed by atoms with Crippen LogP contribution in [-0.4, -0.2) is 21.0 Å². The summed E-state index contributed by atoms with van der Waals surface area (Å²) in [4.78, 5) is 6.35. The highest BCUT2D eigenvalue weighted by Gasteiger charge is 2.25. The molecule has 4 nitrogen and oxygen atoms in total. The van der Waals surface area contributed by atoms with Crippen molar-refractivity contribution in [2.24, 2.45) is 0 Å². The van der Waals surface area contributed by atoms with Crippen LogP contribution in [0.1, 0.15) is 31.2 Å². The number of furan rings is 1. The summed E-state index contributed by atoms with van der Waals surface area (Å²) >= 11 is 5.60. The standard InChI is InChI=1S/C16H19N3OS/c21-16(18-15-6-3-11-20-15)19(14-4-1-2-5-14)12-13-7-9-17-10-8-13/h3,6-11,14H,1-2,4-5,12H2,(H,18,21). The molecule has 0 atom stereocenters. The molecule has 3 rings (SSSR count). The zero-order valence-corrected chi connectivity index (χ0v) is 12.7. The number of hydrogen-bond acceptors (Lipinski definition) is 3. The van der Waals surface area contributed by atoms with Crippen molar-refractivity contribution in [2.75, 3.05) is 5.32 Å². The summed E-state index contributed by atoms with van der Waals surface area (Å²) in [6, 6.07) is 8.32. The summed E-state index contributed by atoms with van der Waals surface area (Å²) in [5, 5.41) is 3.92. The maximum absolute atomic E-state index is 5.60. The van der Waals surface area contributed by atoms with E-state index in [-0.39, 0.29) is 0 Å². The molecule has 0 aliphatic heterocycles. The Labute approximate surface area is 130 Å². The maximum Gasteiger partial charge on any atom is 0.198 e. The van der Waals surface area contributed by atoms with E-state index in [1.807, 2.05) is 36.7 Å². The Bertz CT molecular complexity index is 564. The Morgan fingerprint density at radius 2 is 2.05 bits per heavy atom. The van der Waals surface area contributed by atoms with Crippen LogP contribution < -0.4 is 5.32 Å². The molecule has 2 aromatic heterocycles. The van der Waals surface area contributed by atoms with Gasteiger partial charge in [0.25, 0.3) is 0 Å². The number of nitrogens with one attached hydrogen (secondary N) is 1. The Morgan fingerprint density at radius 3 is 2.71 bits per heavy atom. The van der Waals surface area contributed by atoms with Crippen molar-refractivity contribution in [2.45, 2.75) is 38.3 Å². The lowest BCUT2D eigenvalue weighted by Gasteiger charge is -2.31. The third-order valence-corrected chi connectivity index (χ3v) is 4.22. The third kappa shape index (κ3) is 3.61. The summed E-state index contributed by atoms with van der Waals surface area (Å²) in [6.07, 6.45) is 10.3. The van der Waals surface area contributed by atoms with Crippen LogP contribution in [0.5, 0.6) is 0 Å². The van der Waals surface area contributed by atoms with Gasteiger partial charge in [-0.1, -0.05) is 12.8 Å². The molecule has 0 bridgehead atoms. The van der Waals surface area contributed by atoms with Gasteiger partial charge in [-0.25, -0.2) is 0 Å². The van der Waals surface area contributed by atoms with Crippen molar-refractivity contribution in [3.8, 4) is 0 Å². The maximum atomic E-state index is 5.60. The molecule has 0 radical (unpaired) electrons. The largest absolute Gasteiger partial charge is 0.449 e. The molecule has 1 N–H and O–H groups in total. The van der Waals surface area contributed by atoms with Crippen LogP contribution in [0.2, 0.25) is 0 Å². The predicted molar refractivity (Wildman–Crippen MR) is 87.0 cm³/mol. The minimum Gasteiger partial charge on any atom is -0.449 e. The lowest BCUT2D eigenvalue weighted by atomic mass is 10.2. The smallest absolute Gasteiger partial charge is 0.198 e. The fourth-order valence-electron chi connectivity index (χ4n) is 2.79. The van der Waals surface area contributed by atoms with E-state index >= 15 is 0 Å². The third-order valence-electron chi connectivity index (χ3n) is 3.88. The summed E-state index contributed by atoms with van der Waals surface area (Å²) in [5.41, 5.74) is 1.22. The number of nitrogens with zero attached hydrogens (tertiary/aromatic N) is 2. The second-order valence-electron chi connectivity index (χ2n) is 5.33. The van der Waals surface area contributed by atoms with Crippen molar-refractivity contribution < 1.29 is 4.42 Å². The number of hydrogen-bond donors (Lipinski definition) is 1. The molecule has 0 saturated heterocycles. The van der Waals surface area contributed by atoms with Gasteiger partial charge in [-0.05, 0) is 48.8 Å². The molecular formula is C16H19N3OS. The topological polar surface area (TPSA) is 41.3 Å². The molecule has 0 unspecified atom stereocenters. The van der Waals surface area contributed by atoms with Crippen LogP contribution in [0.4, 0.5) is 5.88 Å². The van der Waals surface area contributed by atoms with Crippen molar-refractivity contribution in [3.05, 3.63) is 48.5 Å². The molecule has 0 aromatic carbocycles. The van der Waals surface area contributed by atoms with Gasteiger partial charge in [0.05, 0.1) is 6.26 Å². The minimum atomic E-state index is 0.508. The monoisotopic (exact) mass is 301 g/mol. The summed E-state index contributed by atoms with van der Waals surface area (Å²) in [7, 11) is 0. The molecule has 110 valence electrons. The molecular weight excluding hydrogens is 282 g/mol. The number of anilines is 1. The molecule has 0 spiro atoms. The highest BCUT2D eigenvalue weighted by Crippen LogP contribution is 2.26. The van der Waals surface area contributed by atoms with Crippen LogP contribution >= 0.6 is 12.2 Å². The van der Waals surface area contributed by atoms with Crippen LogP contribution in [0, 0.1) is 0 Å². The SMILES string of the molecule is S=C(Nc1ccco1)N(Cc1ccncc1)C1CCCC1. The van der Waals surface area contributed by atoms with E-state index in [2.05, 4.69) is 15.2 Å². The van der Waals surface area contributed by atoms with Gasteiger partial charge < -0.3 is 14.6 Å². The highest BCUT2D eigenvalue weighted by molar-refractivity contribution is 7.80. The average Bonchev–Trinajstić information content (AvgIpc) is 3.19. The molecule has 2 heterocycles. The first-order valence-corrected chi connectivity index (χ1v) is 7.74. The van der Waals surface area contributed by atoms with E-state index < -0.39 is 0 Å². The quantitative estimate of drug-likeness (QED) is 0.870. The van der Waals surface area contributed by atoms with Gasteiger partial charge in [0.2, 0.25) is 0 Å². The zero-order chi connectivity index (χ0) is 14.5. The van der Waals surface area contributed by atoms with E-state index in [0.717, 1.165) is 11.7 Å². The number of rotatable bonds is 4. The first kappa shape index (κ1) is 14.1. The second kappa shape index (κ2) is 6.72. The summed E-state index contributed by atoms with van der Waals surface area (Å²) in [5.74, 6) is 0.692. The van der Waals surface area contributed by atoms with Gasteiger partial charge in [0.1, 0.15) is 0 Å². The molecule has 5 heteroatoms. The van der Waals surface area contributed by atoms with Crippen molar-refractivity contribution in [1.82, 2.24) is 9.88 Å². The van der Waals surface area contributed by atoms with E-state index in [1.165, 1.54) is 31.2 Å². The van der Waals surface area contributed by atoms with Gasteiger partial charge in [-0.15, -0.1) is 0 Å². The highest BCUT2D eigenvalue weighted by atomic mass is 32.1. The first-order valence-electron chi connectivity index (χ1n) is 7.33. The molecule has 21 heavy (non-hydrogen) atoms. The van der Waals surface area contributed by atoms with E-state index in [1.54, 1.807) is 6.26 Å². The predicted octanol–water partition coefficient (Wildman–Crippen LogP) is 3.82. The Kier molecular flexibility index (Phi) is 4.50. The van der Waals surface area contributed by atoms with Gasteiger partial charge >= 0.3 is 0 Å². The van der Waals surface area contributed by atoms with Gasteiger partial charge in [0.15, 0.2) is 11.0 Å². The molecule has 1 aliphatic rings. The van der Waals surface area contributed by atoms with Gasteiger partial charge in [0, 0.05) is 31.0 Å². The van der Waals surface area contributed by atoms with Gasteiger partial charge in [-0.3, -0.25) is 4.98 Å². The number of thiocarbonyl (C=S) groups is 1. The van der Waals surface area contributed by atoms with E-state index in [0.29, 0.717) is 11.9 Å². The normalized spacial score (nSPS) is 15.0. The van der Waals surface area contributed by atoms with Crippen molar-refractivity contribution >= 4 is 23.2 Å². The fraction of sp³-hybridized carbons (Fsp3) is 0.375. The molecule has 0 amide bonds. The molecule has 1 aliphatic carbocycles. The van der Waals surface area contributed by atoms with Crippen LogP contribution in [0.3, 0.4) is 0 Å². The molecule has 1 fully saturated rings. The Hall–Kier alpha value is -1.88. The summed E-state index contributed by atoms with van der Waals surface area (Å²) in [6.45, 7) is 0.805. The summed E-state index contributed by atoms with van der Waals surface area (Å²) < 4.78 is 5.33. The van der Waals surface area contributed by atoms with Crippen LogP contribution in [0.25, 0.3) is 0 Å². The lowest BCUT2D eigenvalue weighted by molar-refractivity contribution is 0.311. The first-order chi connectivity index (χ1) is 10.3. The van der Waals surface area contributed by atoms with Crippen molar-refractivity contribution in [1.29, 1.82) is 0 Å². The van der Waals surface area contributed by atoms with Crippen molar-refractivity contribution in [3.63, 3.8) is 0 Å². The Morgan fingerprint density at radius 1 is 1.29 bits per heavy atom. The number of pyridine rings is 1. The minimum absolute atomic E-state index is 0.508. The van der Waals surface area contributed by atoms with Crippen LogP contribution in [-0.2, 0) is 6.54 Å². The molecule has 1 saturated carbocycles.